The van der Waals surface area contributed by atoms with Crippen LogP contribution < -0.4 is 14.4 Å². The molecule has 3 rings (SSSR count). The van der Waals surface area contributed by atoms with Crippen LogP contribution in [-0.2, 0) is 14.8 Å². The maximum absolute atomic E-state index is 13.5. The van der Waals surface area contributed by atoms with E-state index in [1.54, 1.807) is 43.5 Å². The van der Waals surface area contributed by atoms with Gasteiger partial charge in [0.1, 0.15) is 12.3 Å². The minimum Gasteiger partial charge on any atom is -0.496 e. The van der Waals surface area contributed by atoms with Crippen molar-refractivity contribution in [2.45, 2.75) is 51.5 Å². The number of hydrogen-bond acceptors (Lipinski definition) is 4. The van der Waals surface area contributed by atoms with Crippen molar-refractivity contribution in [1.29, 1.82) is 0 Å². The Labute approximate surface area is 209 Å². The number of rotatable bonds is 9. The van der Waals surface area contributed by atoms with Gasteiger partial charge < -0.3 is 10.1 Å². The molecule has 0 aliphatic heterocycles. The number of methoxy groups -OCH3 is 1. The molecule has 1 N–H and O–H groups in total. The monoisotopic (exact) mass is 494 g/mol. The molecule has 0 spiro atoms. The smallest absolute Gasteiger partial charge is 0.264 e. The molecule has 3 aromatic carbocycles. The first kappa shape index (κ1) is 26.3. The Morgan fingerprint density at radius 1 is 0.943 bits per heavy atom. The Bertz CT molecular complexity index is 1290. The maximum atomic E-state index is 13.5. The molecule has 0 aromatic heterocycles. The fraction of sp³-hybridized carbons (Fsp3) is 0.321. The molecule has 6 nitrogen and oxygen atoms in total. The summed E-state index contributed by atoms with van der Waals surface area (Å²) in [5.41, 5.74) is 4.36. The third kappa shape index (κ3) is 6.03. The Balaban J connectivity index is 1.91. The summed E-state index contributed by atoms with van der Waals surface area (Å²) in [6, 6.07) is 19.0. The van der Waals surface area contributed by atoms with Crippen LogP contribution in [0.5, 0.6) is 5.75 Å². The lowest BCUT2D eigenvalue weighted by Gasteiger charge is -2.26. The lowest BCUT2D eigenvalue weighted by atomic mass is 9.93. The second-order valence-corrected chi connectivity index (χ2v) is 10.9. The molecule has 0 saturated carbocycles. The van der Waals surface area contributed by atoms with Crippen LogP contribution in [0.1, 0.15) is 55.0 Å². The van der Waals surface area contributed by atoms with E-state index in [1.165, 1.54) is 12.1 Å². The van der Waals surface area contributed by atoms with E-state index < -0.39 is 10.0 Å². The zero-order valence-corrected chi connectivity index (χ0v) is 22.0. The van der Waals surface area contributed by atoms with Gasteiger partial charge in [0.25, 0.3) is 10.0 Å². The topological polar surface area (TPSA) is 75.7 Å². The molecule has 0 bridgehead atoms. The van der Waals surface area contributed by atoms with E-state index in [2.05, 4.69) is 25.2 Å². The van der Waals surface area contributed by atoms with Crippen molar-refractivity contribution in [2.24, 2.45) is 0 Å². The summed E-state index contributed by atoms with van der Waals surface area (Å²) in [4.78, 5) is 13.3. The molecule has 0 saturated heterocycles. The van der Waals surface area contributed by atoms with Crippen molar-refractivity contribution in [3.63, 3.8) is 0 Å². The minimum atomic E-state index is -3.95. The quantitative estimate of drug-likeness (QED) is 0.426. The number of hydrogen-bond donors (Lipinski definition) is 1. The van der Waals surface area contributed by atoms with Gasteiger partial charge in [-0.2, -0.15) is 0 Å². The van der Waals surface area contributed by atoms with E-state index in [0.717, 1.165) is 32.3 Å². The molecule has 0 aliphatic carbocycles. The van der Waals surface area contributed by atoms with E-state index in [1.807, 2.05) is 32.9 Å². The summed E-state index contributed by atoms with van der Waals surface area (Å²) >= 11 is 0. The van der Waals surface area contributed by atoms with E-state index in [9.17, 15) is 13.2 Å². The Kier molecular flexibility index (Phi) is 8.22. The van der Waals surface area contributed by atoms with Crippen molar-refractivity contribution in [1.82, 2.24) is 5.32 Å². The first-order valence-electron chi connectivity index (χ1n) is 11.7. The molecular formula is C28H34N2O4S. The van der Waals surface area contributed by atoms with Crippen LogP contribution in [0.15, 0.2) is 71.6 Å². The number of carbonyl (C=O) groups is 1. The van der Waals surface area contributed by atoms with Crippen molar-refractivity contribution < 1.29 is 17.9 Å². The molecule has 0 heterocycles. The fourth-order valence-corrected chi connectivity index (χ4v) is 5.56. The first-order chi connectivity index (χ1) is 16.5. The van der Waals surface area contributed by atoms with Gasteiger partial charge in [-0.15, -0.1) is 0 Å². The van der Waals surface area contributed by atoms with Gasteiger partial charge in [-0.1, -0.05) is 44.2 Å². The second-order valence-electron chi connectivity index (χ2n) is 9.06. The van der Waals surface area contributed by atoms with Crippen LogP contribution in [0, 0.1) is 13.8 Å². The van der Waals surface area contributed by atoms with E-state index in [-0.39, 0.29) is 29.3 Å². The fourth-order valence-electron chi connectivity index (χ4n) is 4.12. The molecule has 0 aliphatic rings. The number of sulfonamides is 1. The van der Waals surface area contributed by atoms with Crippen molar-refractivity contribution in [2.75, 3.05) is 18.0 Å². The largest absolute Gasteiger partial charge is 0.496 e. The van der Waals surface area contributed by atoms with E-state index in [4.69, 9.17) is 4.74 Å². The maximum Gasteiger partial charge on any atom is 0.264 e. The molecule has 186 valence electrons. The van der Waals surface area contributed by atoms with Gasteiger partial charge in [0.15, 0.2) is 0 Å². The number of nitrogens with one attached hydrogen (secondary N) is 1. The third-order valence-electron chi connectivity index (χ3n) is 5.99. The summed E-state index contributed by atoms with van der Waals surface area (Å²) in [5.74, 6) is 0.680. The molecule has 3 aromatic rings. The zero-order valence-electron chi connectivity index (χ0n) is 21.2. The third-order valence-corrected chi connectivity index (χ3v) is 7.78. The predicted molar refractivity (Wildman–Crippen MR) is 141 cm³/mol. The van der Waals surface area contributed by atoms with E-state index in [0.29, 0.717) is 5.69 Å². The molecule has 35 heavy (non-hydrogen) atoms. The summed E-state index contributed by atoms with van der Waals surface area (Å²) in [6.07, 6.45) is 0. The average Bonchev–Trinajstić information content (AvgIpc) is 2.82. The lowest BCUT2D eigenvalue weighted by molar-refractivity contribution is -0.120. The molecule has 7 heteroatoms. The van der Waals surface area contributed by atoms with Crippen molar-refractivity contribution >= 4 is 21.6 Å². The molecule has 1 amide bonds. The normalized spacial score (nSPS) is 12.3. The van der Waals surface area contributed by atoms with E-state index >= 15 is 0 Å². The number of nitrogens with zero attached hydrogens (tertiary/aromatic N) is 1. The number of aryl methyl sites for hydroxylation is 2. The zero-order chi connectivity index (χ0) is 25.8. The summed E-state index contributed by atoms with van der Waals surface area (Å²) in [5, 5.41) is 2.99. The van der Waals surface area contributed by atoms with Gasteiger partial charge in [-0.05, 0) is 85.3 Å². The molecule has 0 unspecified atom stereocenters. The van der Waals surface area contributed by atoms with Gasteiger partial charge in [0.05, 0.1) is 23.7 Å². The number of amides is 1. The lowest BCUT2D eigenvalue weighted by Crippen LogP contribution is -2.41. The number of benzene rings is 3. The highest BCUT2D eigenvalue weighted by Gasteiger charge is 2.28. The van der Waals surface area contributed by atoms with Gasteiger partial charge in [-0.3, -0.25) is 9.10 Å². The van der Waals surface area contributed by atoms with Gasteiger partial charge in [0.2, 0.25) is 5.91 Å². The molecule has 0 radical (unpaired) electrons. The highest BCUT2D eigenvalue weighted by molar-refractivity contribution is 7.92. The minimum absolute atomic E-state index is 0.134. The number of ether oxygens (including phenoxy) is 1. The van der Waals surface area contributed by atoms with Crippen LogP contribution in [0.2, 0.25) is 0 Å². The summed E-state index contributed by atoms with van der Waals surface area (Å²) in [7, 11) is -2.29. The highest BCUT2D eigenvalue weighted by Crippen LogP contribution is 2.32. The average molecular weight is 495 g/mol. The number of anilines is 1. The molecule has 1 atom stereocenters. The van der Waals surface area contributed by atoms with Crippen LogP contribution in [0.4, 0.5) is 5.69 Å². The van der Waals surface area contributed by atoms with Gasteiger partial charge >= 0.3 is 0 Å². The summed E-state index contributed by atoms with van der Waals surface area (Å²) < 4.78 is 33.7. The van der Waals surface area contributed by atoms with Crippen LogP contribution in [0.3, 0.4) is 0 Å². The summed E-state index contributed by atoms with van der Waals surface area (Å²) in [6.45, 7) is 9.61. The Morgan fingerprint density at radius 2 is 1.63 bits per heavy atom. The first-order valence-corrected chi connectivity index (χ1v) is 13.1. The van der Waals surface area contributed by atoms with Crippen LogP contribution in [-0.4, -0.2) is 28.0 Å². The van der Waals surface area contributed by atoms with Crippen molar-refractivity contribution in [3.8, 4) is 5.75 Å². The number of carbonyl (C=O) groups excluding carboxylic acids is 1. The molecule has 0 fully saturated rings. The van der Waals surface area contributed by atoms with Crippen LogP contribution in [0.25, 0.3) is 0 Å². The SMILES string of the molecule is COc1cc(C)c([C@H](C)NC(=O)CN(c2cccc(C)c2)S(=O)(=O)c2ccccc2)cc1C(C)C. The van der Waals surface area contributed by atoms with Gasteiger partial charge in [0, 0.05) is 0 Å². The predicted octanol–water partition coefficient (Wildman–Crippen LogP) is 5.51. The Hall–Kier alpha value is -3.32. The standard InChI is InChI=1S/C28H34N2O4S/c1-19(2)25-17-26(21(4)16-27(25)34-6)22(5)29-28(31)18-30(23-12-10-11-20(3)15-23)35(32,33)24-13-8-7-9-14-24/h7-17,19,22H,18H2,1-6H3,(H,29,31)/t22-/m0/s1. The van der Waals surface area contributed by atoms with Gasteiger partial charge in [-0.25, -0.2) is 8.42 Å². The highest BCUT2D eigenvalue weighted by atomic mass is 32.2. The van der Waals surface area contributed by atoms with Crippen molar-refractivity contribution in [3.05, 3.63) is 89.0 Å². The Morgan fingerprint density at radius 3 is 2.23 bits per heavy atom. The second kappa shape index (κ2) is 11.0. The molecular weight excluding hydrogens is 460 g/mol. The van der Waals surface area contributed by atoms with Crippen LogP contribution >= 0.6 is 0 Å².